The molecule has 32 heavy (non-hydrogen) atoms. The number of hydrogen-bond acceptors (Lipinski definition) is 8. The van der Waals surface area contributed by atoms with Crippen molar-refractivity contribution in [2.24, 2.45) is 11.8 Å². The minimum absolute atomic E-state index is 0.0308. The summed E-state index contributed by atoms with van der Waals surface area (Å²) in [6.07, 6.45) is 1.71. The third kappa shape index (κ3) is 2.61. The van der Waals surface area contributed by atoms with Gasteiger partial charge < -0.3 is 28.4 Å². The Morgan fingerprint density at radius 3 is 2.59 bits per heavy atom. The van der Waals surface area contributed by atoms with Crippen LogP contribution in [-0.4, -0.2) is 39.4 Å². The first-order chi connectivity index (χ1) is 15.3. The average molecular weight is 442 g/mol. The highest BCUT2D eigenvalue weighted by Gasteiger charge is 2.58. The summed E-state index contributed by atoms with van der Waals surface area (Å²) in [4.78, 5) is 25.0. The van der Waals surface area contributed by atoms with Crippen molar-refractivity contribution in [2.75, 3.05) is 27.6 Å². The molecular weight excluding hydrogens is 416 g/mol. The molecule has 8 nitrogen and oxygen atoms in total. The number of ether oxygens (including phenoxy) is 6. The molecule has 2 aliphatic heterocycles. The lowest BCUT2D eigenvalue weighted by Crippen LogP contribution is -2.42. The van der Waals surface area contributed by atoms with Crippen LogP contribution in [0.1, 0.15) is 44.4 Å². The van der Waals surface area contributed by atoms with Crippen LogP contribution in [0.25, 0.3) is 0 Å². The van der Waals surface area contributed by atoms with E-state index in [0.717, 1.165) is 16.7 Å². The van der Waals surface area contributed by atoms with Gasteiger partial charge in [0.1, 0.15) is 18.1 Å². The zero-order chi connectivity index (χ0) is 22.8. The van der Waals surface area contributed by atoms with Crippen LogP contribution in [0, 0.1) is 11.8 Å². The highest BCUT2D eigenvalue weighted by molar-refractivity contribution is 6.05. The van der Waals surface area contributed by atoms with E-state index in [9.17, 15) is 9.59 Å². The van der Waals surface area contributed by atoms with E-state index in [1.807, 2.05) is 6.07 Å². The zero-order valence-corrected chi connectivity index (χ0v) is 18.8. The summed E-state index contributed by atoms with van der Waals surface area (Å²) >= 11 is 0. The molecule has 0 amide bonds. The van der Waals surface area contributed by atoms with Gasteiger partial charge in [0, 0.05) is 24.0 Å². The molecule has 0 aromatic heterocycles. The van der Waals surface area contributed by atoms with Crippen molar-refractivity contribution in [3.05, 3.63) is 40.4 Å². The molecule has 1 spiro atoms. The van der Waals surface area contributed by atoms with Crippen molar-refractivity contribution < 1.29 is 38.0 Å². The van der Waals surface area contributed by atoms with Gasteiger partial charge in [-0.2, -0.15) is 0 Å². The number of carbonyl (C=O) groups excluding carboxylic acids is 2. The molecule has 4 aliphatic rings. The second kappa shape index (κ2) is 7.18. The third-order valence-corrected chi connectivity index (χ3v) is 7.11. The van der Waals surface area contributed by atoms with Gasteiger partial charge in [-0.1, -0.05) is 13.8 Å². The summed E-state index contributed by atoms with van der Waals surface area (Å²) in [5, 5.41) is 0. The normalized spacial score (nSPS) is 29.8. The molecule has 0 saturated carbocycles. The van der Waals surface area contributed by atoms with Crippen molar-refractivity contribution in [1.29, 1.82) is 0 Å². The molecule has 0 radical (unpaired) electrons. The minimum atomic E-state index is -0.896. The fourth-order valence-corrected chi connectivity index (χ4v) is 5.47. The highest BCUT2D eigenvalue weighted by Crippen LogP contribution is 2.62. The molecule has 170 valence electrons. The lowest BCUT2D eigenvalue weighted by Gasteiger charge is -2.42. The standard InChI is InChI=1S/C24H26O8/c1-11-6-14-7-16(26)20(27-4)23(28-5)24(14)9-29-22-18(24)15(8-17-21(22)31-10-30-17)19(12(11)2)32-13(3)25/h7-8,11-12,19H,6,9-10H2,1-5H3/t11-,12+,19+,24-/m0/s1. The van der Waals surface area contributed by atoms with Crippen LogP contribution in [0.4, 0.5) is 0 Å². The largest absolute Gasteiger partial charge is 0.496 e. The van der Waals surface area contributed by atoms with Gasteiger partial charge in [0.25, 0.3) is 0 Å². The Morgan fingerprint density at radius 2 is 1.91 bits per heavy atom. The Hall–Kier alpha value is -3.16. The maximum absolute atomic E-state index is 12.9. The first-order valence-electron chi connectivity index (χ1n) is 10.7. The molecule has 8 heteroatoms. The van der Waals surface area contributed by atoms with Crippen molar-refractivity contribution in [3.8, 4) is 17.2 Å². The molecule has 5 rings (SSSR count). The van der Waals surface area contributed by atoms with E-state index in [-0.39, 0.29) is 42.7 Å². The van der Waals surface area contributed by atoms with Gasteiger partial charge in [-0.05, 0) is 30.1 Å². The molecular formula is C24H26O8. The van der Waals surface area contributed by atoms with Crippen LogP contribution < -0.4 is 14.2 Å². The monoisotopic (exact) mass is 442 g/mol. The second-order valence-corrected chi connectivity index (χ2v) is 8.77. The molecule has 1 aromatic carbocycles. The van der Waals surface area contributed by atoms with Crippen molar-refractivity contribution in [3.63, 3.8) is 0 Å². The Kier molecular flexibility index (Phi) is 4.65. The second-order valence-electron chi connectivity index (χ2n) is 8.77. The smallest absolute Gasteiger partial charge is 0.303 e. The number of allylic oxidation sites excluding steroid dienone is 1. The van der Waals surface area contributed by atoms with Crippen molar-refractivity contribution in [1.82, 2.24) is 0 Å². The summed E-state index contributed by atoms with van der Waals surface area (Å²) in [6.45, 7) is 5.83. The van der Waals surface area contributed by atoms with E-state index in [4.69, 9.17) is 28.4 Å². The number of benzene rings is 1. The number of ketones is 1. The van der Waals surface area contributed by atoms with E-state index in [2.05, 4.69) is 13.8 Å². The topological polar surface area (TPSA) is 89.5 Å². The molecule has 0 bridgehead atoms. The number of methoxy groups -OCH3 is 2. The molecule has 2 aliphatic carbocycles. The van der Waals surface area contributed by atoms with Crippen molar-refractivity contribution in [2.45, 2.75) is 38.7 Å². The number of fused-ring (bicyclic) bond motifs is 2. The maximum atomic E-state index is 12.9. The summed E-state index contributed by atoms with van der Waals surface area (Å²) in [7, 11) is 2.98. The number of hydrogen-bond donors (Lipinski definition) is 0. The van der Waals surface area contributed by atoms with Gasteiger partial charge in [-0.15, -0.1) is 0 Å². The van der Waals surface area contributed by atoms with Crippen LogP contribution in [0.5, 0.6) is 17.2 Å². The third-order valence-electron chi connectivity index (χ3n) is 7.11. The van der Waals surface area contributed by atoms with Gasteiger partial charge in [-0.3, -0.25) is 9.59 Å². The lowest BCUT2D eigenvalue weighted by atomic mass is 9.62. The Bertz CT molecular complexity index is 1080. The summed E-state index contributed by atoms with van der Waals surface area (Å²) in [5.41, 5.74) is 1.53. The average Bonchev–Trinajstić information content (AvgIpc) is 3.38. The number of esters is 1. The van der Waals surface area contributed by atoms with Crippen LogP contribution in [0.2, 0.25) is 0 Å². The fourth-order valence-electron chi connectivity index (χ4n) is 5.47. The maximum Gasteiger partial charge on any atom is 0.303 e. The first-order valence-corrected chi connectivity index (χ1v) is 10.7. The van der Waals surface area contributed by atoms with Gasteiger partial charge in [0.15, 0.2) is 17.3 Å². The fraction of sp³-hybridized carbons (Fsp3) is 0.500. The van der Waals surface area contributed by atoms with E-state index >= 15 is 0 Å². The molecule has 0 fully saturated rings. The van der Waals surface area contributed by atoms with Gasteiger partial charge in [0.05, 0.1) is 14.2 Å². The van der Waals surface area contributed by atoms with E-state index in [0.29, 0.717) is 29.4 Å². The van der Waals surface area contributed by atoms with E-state index < -0.39 is 11.5 Å². The minimum Gasteiger partial charge on any atom is -0.496 e. The molecule has 0 unspecified atom stereocenters. The summed E-state index contributed by atoms with van der Waals surface area (Å²) in [5.74, 6) is 1.57. The van der Waals surface area contributed by atoms with Gasteiger partial charge >= 0.3 is 5.97 Å². The predicted octanol–water partition coefficient (Wildman–Crippen LogP) is 3.34. The van der Waals surface area contributed by atoms with E-state index in [1.54, 1.807) is 6.08 Å². The van der Waals surface area contributed by atoms with Gasteiger partial charge in [-0.25, -0.2) is 0 Å². The summed E-state index contributed by atoms with van der Waals surface area (Å²) < 4.78 is 34.9. The molecule has 0 saturated heterocycles. The zero-order valence-electron chi connectivity index (χ0n) is 18.8. The van der Waals surface area contributed by atoms with E-state index in [1.165, 1.54) is 21.1 Å². The molecule has 4 atom stereocenters. The summed E-state index contributed by atoms with van der Waals surface area (Å²) in [6, 6.07) is 1.87. The predicted molar refractivity (Wildman–Crippen MR) is 111 cm³/mol. The first kappa shape index (κ1) is 20.7. The van der Waals surface area contributed by atoms with Crippen LogP contribution in [0.15, 0.2) is 29.2 Å². The van der Waals surface area contributed by atoms with Crippen LogP contribution in [0.3, 0.4) is 0 Å². The molecule has 1 aromatic rings. The Labute approximate surface area is 186 Å². The molecule has 0 N–H and O–H groups in total. The SMILES string of the molecule is COC1=C(OC)[C@]23COc4c5c(cc(c42)[C@H](OC(C)=O)[C@H](C)[C@@H](C)CC3=CC1=O)OCO5. The highest BCUT2D eigenvalue weighted by atomic mass is 16.7. The Balaban J connectivity index is 1.88. The van der Waals surface area contributed by atoms with Crippen molar-refractivity contribution >= 4 is 11.8 Å². The van der Waals surface area contributed by atoms with Crippen LogP contribution >= 0.6 is 0 Å². The van der Waals surface area contributed by atoms with Crippen LogP contribution in [-0.2, 0) is 29.2 Å². The lowest BCUT2D eigenvalue weighted by molar-refractivity contribution is -0.150. The Morgan fingerprint density at radius 1 is 1.12 bits per heavy atom. The number of carbonyl (C=O) groups is 2. The quantitative estimate of drug-likeness (QED) is 0.659. The number of rotatable bonds is 3. The van der Waals surface area contributed by atoms with Gasteiger partial charge in [0.2, 0.25) is 24.1 Å². The molecule has 2 heterocycles.